The Hall–Kier alpha value is -1.59. The quantitative estimate of drug-likeness (QED) is 0.306. The zero-order valence-corrected chi connectivity index (χ0v) is 7.46. The largest absolute Gasteiger partial charge is 0.482 e. The minimum Gasteiger partial charge on any atom is -0.429 e. The molecule has 1 radical (unpaired) electrons. The van der Waals surface area contributed by atoms with Crippen LogP contribution in [0.2, 0.25) is 0 Å². The van der Waals surface area contributed by atoms with E-state index in [1.165, 1.54) is 0 Å². The first-order valence-electron chi connectivity index (χ1n) is 3.74. The Bertz CT molecular complexity index is 273. The summed E-state index contributed by atoms with van der Waals surface area (Å²) < 4.78 is 4.81. The van der Waals surface area contributed by atoms with Gasteiger partial charge in [-0.05, 0) is 12.1 Å². The molecule has 0 aromatic heterocycles. The maximum absolute atomic E-state index is 10.6. The van der Waals surface area contributed by atoms with Gasteiger partial charge in [0.1, 0.15) is 5.75 Å². The third-order valence-corrected chi connectivity index (χ3v) is 1.13. The number of hydrogen-bond donors (Lipinski definition) is 2. The van der Waals surface area contributed by atoms with E-state index in [2.05, 4.69) is 6.58 Å². The summed E-state index contributed by atoms with van der Waals surface area (Å²) in [5.41, 5.74) is 0. The normalized spacial score (nSPS) is 7.86. The lowest BCUT2D eigenvalue weighted by atomic mass is 10.3. The molecule has 0 saturated heterocycles. The van der Waals surface area contributed by atoms with Crippen LogP contribution in [0.15, 0.2) is 43.0 Å². The first-order valence-corrected chi connectivity index (χ1v) is 3.74. The Morgan fingerprint density at radius 2 is 1.86 bits per heavy atom. The monoisotopic (exact) mass is 193 g/mol. The van der Waals surface area contributed by atoms with E-state index in [0.29, 0.717) is 5.75 Å². The molecular formula is C9H10BO4. The summed E-state index contributed by atoms with van der Waals surface area (Å²) in [5.74, 6) is 0.105. The Balaban J connectivity index is 0.000000500. The molecule has 1 aromatic rings. The van der Waals surface area contributed by atoms with Crippen LogP contribution < -0.4 is 4.74 Å². The summed E-state index contributed by atoms with van der Waals surface area (Å²) in [5, 5.41) is 14.0. The Labute approximate surface area is 82.8 Å². The summed E-state index contributed by atoms with van der Waals surface area (Å²) in [7, 11) is 0. The van der Waals surface area contributed by atoms with Gasteiger partial charge in [-0.1, -0.05) is 24.8 Å². The van der Waals surface area contributed by atoms with E-state index in [1.54, 1.807) is 24.3 Å². The number of benzene rings is 1. The summed E-state index contributed by atoms with van der Waals surface area (Å²) in [6, 6.07) is 8.87. The van der Waals surface area contributed by atoms with Gasteiger partial charge in [-0.2, -0.15) is 0 Å². The molecule has 0 aliphatic carbocycles. The van der Waals surface area contributed by atoms with Gasteiger partial charge in [0.2, 0.25) is 0 Å². The van der Waals surface area contributed by atoms with Crippen molar-refractivity contribution >= 4 is 13.7 Å². The van der Waals surface area contributed by atoms with E-state index < -0.39 is 5.97 Å². The molecular weight excluding hydrogens is 183 g/mol. The van der Waals surface area contributed by atoms with Gasteiger partial charge in [0.25, 0.3) is 0 Å². The van der Waals surface area contributed by atoms with Crippen LogP contribution in [0.4, 0.5) is 0 Å². The number of hydrogen-bond acceptors (Lipinski definition) is 4. The summed E-state index contributed by atoms with van der Waals surface area (Å²) in [6.07, 6.45) is 1.13. The Morgan fingerprint density at radius 3 is 2.29 bits per heavy atom. The number of rotatable bonds is 2. The molecule has 1 rings (SSSR count). The van der Waals surface area contributed by atoms with Gasteiger partial charge < -0.3 is 14.8 Å². The highest BCUT2D eigenvalue weighted by Gasteiger charge is 1.95. The molecule has 0 aliphatic heterocycles. The van der Waals surface area contributed by atoms with E-state index in [-0.39, 0.29) is 7.69 Å². The molecule has 73 valence electrons. The maximum atomic E-state index is 10.6. The molecule has 0 fully saturated rings. The predicted octanol–water partition coefficient (Wildman–Crippen LogP) is 0.283. The molecule has 2 N–H and O–H groups in total. The smallest absolute Gasteiger partial charge is 0.429 e. The van der Waals surface area contributed by atoms with Crippen molar-refractivity contribution < 1.29 is 19.6 Å². The third-order valence-electron chi connectivity index (χ3n) is 1.13. The second kappa shape index (κ2) is 8.03. The van der Waals surface area contributed by atoms with Crippen molar-refractivity contribution in [1.29, 1.82) is 0 Å². The van der Waals surface area contributed by atoms with Gasteiger partial charge >= 0.3 is 13.7 Å². The first-order chi connectivity index (χ1) is 6.74. The third kappa shape index (κ3) is 5.99. The minimum absolute atomic E-state index is 0. The van der Waals surface area contributed by atoms with Crippen LogP contribution in [0.3, 0.4) is 0 Å². The second-order valence-corrected chi connectivity index (χ2v) is 2.05. The number of esters is 1. The average molecular weight is 193 g/mol. The van der Waals surface area contributed by atoms with Crippen molar-refractivity contribution in [2.24, 2.45) is 0 Å². The van der Waals surface area contributed by atoms with Gasteiger partial charge in [0.05, 0.1) is 0 Å². The van der Waals surface area contributed by atoms with Crippen molar-refractivity contribution in [3.05, 3.63) is 43.0 Å². The van der Waals surface area contributed by atoms with E-state index in [9.17, 15) is 4.79 Å². The molecule has 1 aromatic carbocycles. The van der Waals surface area contributed by atoms with Crippen molar-refractivity contribution in [1.82, 2.24) is 0 Å². The zero-order valence-electron chi connectivity index (χ0n) is 7.46. The van der Waals surface area contributed by atoms with Gasteiger partial charge in [-0.25, -0.2) is 4.79 Å². The van der Waals surface area contributed by atoms with Gasteiger partial charge in [0.15, 0.2) is 0 Å². The lowest BCUT2D eigenvalue weighted by Gasteiger charge is -1.98. The Morgan fingerprint density at radius 1 is 1.36 bits per heavy atom. The van der Waals surface area contributed by atoms with Crippen LogP contribution in [-0.2, 0) is 4.79 Å². The van der Waals surface area contributed by atoms with E-state index >= 15 is 0 Å². The van der Waals surface area contributed by atoms with Crippen molar-refractivity contribution in [2.75, 3.05) is 0 Å². The van der Waals surface area contributed by atoms with Crippen LogP contribution in [0, 0.1) is 0 Å². The van der Waals surface area contributed by atoms with Crippen LogP contribution in [0.25, 0.3) is 0 Å². The highest BCUT2D eigenvalue weighted by Crippen LogP contribution is 2.07. The minimum atomic E-state index is -0.434. The molecule has 0 spiro atoms. The molecule has 0 bridgehead atoms. The summed E-state index contributed by atoms with van der Waals surface area (Å²) in [4.78, 5) is 10.6. The number of ether oxygens (including phenoxy) is 1. The standard InChI is InChI=1S/C9H8O2.BH2O2/c1-2-9(10)11-8-6-4-3-5-7-8;2-1-3/h2-7H,1H2;2-3H. The van der Waals surface area contributed by atoms with E-state index in [4.69, 9.17) is 14.8 Å². The van der Waals surface area contributed by atoms with Gasteiger partial charge in [-0.3, -0.25) is 0 Å². The van der Waals surface area contributed by atoms with Crippen molar-refractivity contribution in [3.8, 4) is 5.75 Å². The van der Waals surface area contributed by atoms with Crippen LogP contribution >= 0.6 is 0 Å². The SMILES string of the molecule is C=CC(=O)Oc1ccccc1.O[B]O. The summed E-state index contributed by atoms with van der Waals surface area (Å²) >= 11 is 0. The fourth-order valence-corrected chi connectivity index (χ4v) is 0.646. The first kappa shape index (κ1) is 12.4. The van der Waals surface area contributed by atoms with Gasteiger partial charge in [-0.15, -0.1) is 0 Å². The van der Waals surface area contributed by atoms with E-state index in [0.717, 1.165) is 6.08 Å². The average Bonchev–Trinajstić information content (AvgIpc) is 2.20. The number of para-hydroxylation sites is 1. The Kier molecular flexibility index (Phi) is 7.12. The van der Waals surface area contributed by atoms with Crippen LogP contribution in [0.1, 0.15) is 0 Å². The van der Waals surface area contributed by atoms with Crippen LogP contribution in [-0.4, -0.2) is 23.7 Å². The molecule has 0 saturated carbocycles. The second-order valence-electron chi connectivity index (χ2n) is 2.05. The fourth-order valence-electron chi connectivity index (χ4n) is 0.646. The molecule has 0 amide bonds. The van der Waals surface area contributed by atoms with Crippen LogP contribution in [0.5, 0.6) is 5.75 Å². The highest BCUT2D eigenvalue weighted by molar-refractivity contribution is 6.13. The fraction of sp³-hybridized carbons (Fsp3) is 0. The van der Waals surface area contributed by atoms with Crippen molar-refractivity contribution in [2.45, 2.75) is 0 Å². The molecule has 5 heteroatoms. The lowest BCUT2D eigenvalue weighted by molar-refractivity contribution is -0.128. The van der Waals surface area contributed by atoms with E-state index in [1.807, 2.05) is 6.07 Å². The molecule has 0 heterocycles. The predicted molar refractivity (Wildman–Crippen MR) is 52.5 cm³/mol. The molecule has 4 nitrogen and oxygen atoms in total. The maximum Gasteiger partial charge on any atom is 0.482 e. The molecule has 0 unspecified atom stereocenters. The topological polar surface area (TPSA) is 66.8 Å². The zero-order chi connectivity index (χ0) is 10.8. The lowest BCUT2D eigenvalue weighted by Crippen LogP contribution is -2.02. The number of carbonyl (C=O) groups is 1. The molecule has 0 aliphatic rings. The number of carbonyl (C=O) groups excluding carboxylic acids is 1. The van der Waals surface area contributed by atoms with Gasteiger partial charge in [0, 0.05) is 6.08 Å². The summed E-state index contributed by atoms with van der Waals surface area (Å²) in [6.45, 7) is 3.28. The molecule has 0 atom stereocenters. The van der Waals surface area contributed by atoms with Crippen molar-refractivity contribution in [3.63, 3.8) is 0 Å². The molecule has 14 heavy (non-hydrogen) atoms. The highest BCUT2D eigenvalue weighted by atomic mass is 16.5.